The molecule has 0 bridgehead atoms. The maximum atomic E-state index is 13.9. The summed E-state index contributed by atoms with van der Waals surface area (Å²) in [7, 11) is 0. The van der Waals surface area contributed by atoms with Crippen molar-refractivity contribution in [2.24, 2.45) is 11.8 Å². The second-order valence-corrected chi connectivity index (χ2v) is 17.6. The second kappa shape index (κ2) is 6.97. The van der Waals surface area contributed by atoms with E-state index in [0.29, 0.717) is 23.2 Å². The number of nitrogens with zero attached hydrogens (tertiary/aromatic N) is 1. The van der Waals surface area contributed by atoms with Gasteiger partial charge in [-0.15, -0.1) is 0 Å². The number of pyridine rings is 1. The van der Waals surface area contributed by atoms with Crippen molar-refractivity contribution in [2.75, 3.05) is 0 Å². The summed E-state index contributed by atoms with van der Waals surface area (Å²) in [5, 5.41) is 0. The highest BCUT2D eigenvalue weighted by molar-refractivity contribution is 8.99. The lowest BCUT2D eigenvalue weighted by atomic mass is 9.75. The predicted octanol–water partition coefficient (Wildman–Crippen LogP) is 6.30. The highest BCUT2D eigenvalue weighted by Crippen LogP contribution is 2.82. The minimum atomic E-state index is -2.79. The number of hydrogen-bond donors (Lipinski definition) is 0. The molecule has 0 spiro atoms. The molecule has 4 atom stereocenters. The lowest BCUT2D eigenvalue weighted by molar-refractivity contribution is 0.0997. The zero-order chi connectivity index (χ0) is 18.6. The lowest BCUT2D eigenvalue weighted by Gasteiger charge is -2.38. The molecule has 0 unspecified atom stereocenters. The van der Waals surface area contributed by atoms with E-state index < -0.39 is 33.1 Å². The maximum Gasteiger partial charge on any atom is 0.252 e. The van der Waals surface area contributed by atoms with E-state index in [9.17, 15) is 17.6 Å². The Morgan fingerprint density at radius 1 is 1.28 bits per heavy atom. The Kier molecular flexibility index (Phi) is 5.55. The van der Waals surface area contributed by atoms with E-state index in [2.05, 4.69) is 18.8 Å². The molecule has 2 fully saturated rings. The van der Waals surface area contributed by atoms with Gasteiger partial charge in [-0.2, -0.15) is 13.8 Å². The van der Waals surface area contributed by atoms with Crippen LogP contribution in [-0.4, -0.2) is 15.8 Å². The van der Waals surface area contributed by atoms with Crippen molar-refractivity contribution in [2.45, 2.75) is 55.8 Å². The normalized spacial score (nSPS) is 35.2. The molecule has 0 aromatic carbocycles. The number of hydrogen-bond acceptors (Lipinski definition) is 5. The molecular formula is C15H18F4NOPS3. The summed E-state index contributed by atoms with van der Waals surface area (Å²) in [4.78, 5) is 1.81. The van der Waals surface area contributed by atoms with Crippen LogP contribution in [0.15, 0.2) is 4.90 Å². The largest absolute Gasteiger partial charge is 0.329 e. The third-order valence-corrected chi connectivity index (χ3v) is 13.9. The topological polar surface area (TPSA) is 22.1 Å². The van der Waals surface area contributed by atoms with Crippen LogP contribution in [0.25, 0.3) is 0 Å². The number of aromatic nitrogens is 1. The van der Waals surface area contributed by atoms with Crippen LogP contribution in [0.2, 0.25) is 0 Å². The molecule has 25 heavy (non-hydrogen) atoms. The van der Waals surface area contributed by atoms with Crippen molar-refractivity contribution < 1.29 is 22.1 Å². The van der Waals surface area contributed by atoms with Crippen LogP contribution < -0.4 is 0 Å². The predicted molar refractivity (Wildman–Crippen MR) is 97.3 cm³/mol. The van der Waals surface area contributed by atoms with Gasteiger partial charge >= 0.3 is 0 Å². The average Bonchev–Trinajstić information content (AvgIpc) is 2.79. The van der Waals surface area contributed by atoms with E-state index in [1.807, 2.05) is 6.92 Å². The first-order valence-corrected chi connectivity index (χ1v) is 13.5. The van der Waals surface area contributed by atoms with Crippen molar-refractivity contribution in [1.82, 2.24) is 4.98 Å². The van der Waals surface area contributed by atoms with E-state index >= 15 is 0 Å². The van der Waals surface area contributed by atoms with Gasteiger partial charge in [-0.05, 0) is 61.2 Å². The van der Waals surface area contributed by atoms with Crippen molar-refractivity contribution in [3.8, 4) is 0 Å². The number of rotatable bonds is 3. The summed E-state index contributed by atoms with van der Waals surface area (Å²) >= 11 is 7.57. The van der Waals surface area contributed by atoms with Gasteiger partial charge in [-0.3, -0.25) is 0 Å². The molecule has 0 radical (unpaired) electrons. The highest BCUT2D eigenvalue weighted by Gasteiger charge is 2.53. The zero-order valence-electron chi connectivity index (χ0n) is 13.9. The van der Waals surface area contributed by atoms with Gasteiger partial charge in [0.1, 0.15) is 0 Å². The SMILES string of the molecule is CC(C)[C@@H]1CC[C@]2(C)S[P@](=S)(Sc3c(F)c(F)nc(F)c3F)O[C@H]2C1. The fourth-order valence-electron chi connectivity index (χ4n) is 3.27. The summed E-state index contributed by atoms with van der Waals surface area (Å²) in [6.45, 7) is 6.37. The van der Waals surface area contributed by atoms with Gasteiger partial charge in [0.05, 0.1) is 11.0 Å². The van der Waals surface area contributed by atoms with Gasteiger partial charge in [0.15, 0.2) is 16.3 Å². The first-order chi connectivity index (χ1) is 11.5. The fraction of sp³-hybridized carbons (Fsp3) is 0.667. The quantitative estimate of drug-likeness (QED) is 0.317. The molecule has 3 rings (SSSR count). The molecule has 1 aromatic heterocycles. The van der Waals surface area contributed by atoms with E-state index in [4.69, 9.17) is 16.3 Å². The molecular weight excluding hydrogens is 413 g/mol. The third kappa shape index (κ3) is 3.77. The minimum absolute atomic E-state index is 0.111. The molecule has 1 aliphatic heterocycles. The fourth-order valence-corrected chi connectivity index (χ4v) is 15.0. The van der Waals surface area contributed by atoms with E-state index in [0.717, 1.165) is 19.3 Å². The summed E-state index contributed by atoms with van der Waals surface area (Å²) in [5.74, 6) is -5.35. The molecule has 0 amide bonds. The Morgan fingerprint density at radius 2 is 1.88 bits per heavy atom. The summed E-state index contributed by atoms with van der Waals surface area (Å²) in [6, 6.07) is 0. The van der Waals surface area contributed by atoms with Gasteiger partial charge in [-0.25, -0.2) is 8.78 Å². The smallest absolute Gasteiger partial charge is 0.252 e. The molecule has 2 heterocycles. The summed E-state index contributed by atoms with van der Waals surface area (Å²) in [6.07, 6.45) is 2.67. The monoisotopic (exact) mass is 431 g/mol. The van der Waals surface area contributed by atoms with Crippen LogP contribution in [0.3, 0.4) is 0 Å². The van der Waals surface area contributed by atoms with Crippen molar-refractivity contribution in [3.63, 3.8) is 0 Å². The highest BCUT2D eigenvalue weighted by atomic mass is 33.2. The molecule has 1 aliphatic carbocycles. The molecule has 1 aromatic rings. The molecule has 1 saturated heterocycles. The van der Waals surface area contributed by atoms with Crippen molar-refractivity contribution in [1.29, 1.82) is 0 Å². The van der Waals surface area contributed by atoms with Crippen LogP contribution in [-0.2, 0) is 16.3 Å². The Bertz CT molecular complexity index is 724. The molecule has 10 heteroatoms. The molecule has 1 saturated carbocycles. The van der Waals surface area contributed by atoms with E-state index in [1.54, 1.807) is 0 Å². The number of fused-ring (bicyclic) bond motifs is 1. The van der Waals surface area contributed by atoms with Crippen molar-refractivity contribution >= 4 is 39.2 Å². The molecule has 140 valence electrons. The standard InChI is InChI=1S/C15H18F4NOPS3/c1-7(2)8-4-5-15(3)9(6-8)21-22(23,25-15)24-12-10(16)13(18)20-14(19)11(12)17/h7-9H,4-6H2,1-3H3/t8-,9+,15+,22-/m1/s1. The molecule has 2 aliphatic rings. The zero-order valence-corrected chi connectivity index (χ0v) is 17.2. The van der Waals surface area contributed by atoms with Crippen LogP contribution in [0.4, 0.5) is 17.6 Å². The maximum absolute atomic E-state index is 13.9. The van der Waals surface area contributed by atoms with Gasteiger partial charge < -0.3 is 4.52 Å². The Morgan fingerprint density at radius 3 is 2.44 bits per heavy atom. The van der Waals surface area contributed by atoms with Crippen LogP contribution in [0, 0.1) is 35.4 Å². The third-order valence-electron chi connectivity index (χ3n) is 4.89. The van der Waals surface area contributed by atoms with E-state index in [1.165, 1.54) is 11.4 Å². The van der Waals surface area contributed by atoms with Gasteiger partial charge in [0.25, 0.3) is 11.9 Å². The molecule has 2 nitrogen and oxygen atoms in total. The first kappa shape index (κ1) is 19.9. The van der Waals surface area contributed by atoms with Crippen LogP contribution >= 0.6 is 27.4 Å². The Balaban J connectivity index is 1.87. The molecule has 0 N–H and O–H groups in total. The van der Waals surface area contributed by atoms with Crippen LogP contribution in [0.5, 0.6) is 0 Å². The summed E-state index contributed by atoms with van der Waals surface area (Å²) < 4.78 is 57.7. The van der Waals surface area contributed by atoms with Gasteiger partial charge in [-0.1, -0.05) is 25.2 Å². The second-order valence-electron chi connectivity index (χ2n) is 6.97. The first-order valence-electron chi connectivity index (χ1n) is 7.93. The van der Waals surface area contributed by atoms with E-state index in [-0.39, 0.29) is 10.9 Å². The Labute approximate surface area is 157 Å². The van der Waals surface area contributed by atoms with Gasteiger partial charge in [0, 0.05) is 4.75 Å². The lowest BCUT2D eigenvalue weighted by Crippen LogP contribution is -2.40. The van der Waals surface area contributed by atoms with Crippen LogP contribution in [0.1, 0.15) is 40.0 Å². The number of halogens is 4. The van der Waals surface area contributed by atoms with Crippen molar-refractivity contribution in [3.05, 3.63) is 23.5 Å². The van der Waals surface area contributed by atoms with Gasteiger partial charge in [0.2, 0.25) is 0 Å². The average molecular weight is 431 g/mol. The minimum Gasteiger partial charge on any atom is -0.329 e. The Hall–Kier alpha value is 0.180. The summed E-state index contributed by atoms with van der Waals surface area (Å²) in [5.41, 5.74) is 0.